The number of hydrogen-bond donors (Lipinski definition) is 3. The minimum atomic E-state index is -1.36. The highest BCUT2D eigenvalue weighted by molar-refractivity contribution is 7.79. The fraction of sp³-hybridized carbons (Fsp3) is 0. The Kier molecular flexibility index (Phi) is 10.7. The molecule has 1 aromatic heterocycles. The summed E-state index contributed by atoms with van der Waals surface area (Å²) >= 11 is 5.90. The van der Waals surface area contributed by atoms with Gasteiger partial charge in [0.1, 0.15) is 0 Å². The molecule has 1 aromatic carbocycles. The van der Waals surface area contributed by atoms with Crippen LogP contribution in [0.5, 0.6) is 0 Å². The third-order valence-electron chi connectivity index (χ3n) is 2.28. The number of thiophene rings is 1. The van der Waals surface area contributed by atoms with Gasteiger partial charge in [-0.25, -0.2) is 4.79 Å². The van der Waals surface area contributed by atoms with Crippen LogP contribution >= 0.6 is 23.6 Å². The molecule has 24 heavy (non-hydrogen) atoms. The molecule has 0 fully saturated rings. The van der Waals surface area contributed by atoms with Crippen molar-refractivity contribution in [3.05, 3.63) is 29.6 Å². The molecule has 1 heterocycles. The Morgan fingerprint density at radius 2 is 1.83 bits per heavy atom. The molecule has 0 saturated carbocycles. The lowest BCUT2D eigenvalue weighted by Gasteiger charge is -1.94. The SMILES string of the molecule is O=C(O)C#CC#CC#CC=S.OB(O)c1csc2ccccc12.[B]. The normalized spacial score (nSPS) is 7.58. The Labute approximate surface area is 151 Å². The third-order valence-corrected chi connectivity index (χ3v) is 3.38. The van der Waals surface area contributed by atoms with E-state index >= 15 is 0 Å². The van der Waals surface area contributed by atoms with Gasteiger partial charge in [-0.2, -0.15) is 0 Å². The molecular formula is C16H9B2O4S2. The van der Waals surface area contributed by atoms with Gasteiger partial charge < -0.3 is 15.2 Å². The van der Waals surface area contributed by atoms with Gasteiger partial charge in [0.05, 0.1) is 5.37 Å². The third kappa shape index (κ3) is 7.65. The highest BCUT2D eigenvalue weighted by Gasteiger charge is 2.15. The Balaban J connectivity index is 0.000000426. The van der Waals surface area contributed by atoms with Gasteiger partial charge in [0.25, 0.3) is 0 Å². The summed E-state index contributed by atoms with van der Waals surface area (Å²) in [5.74, 6) is 11.9. The standard InChI is InChI=1S/C8H7BO2S.C8H2O2S.B/c10-9(11)7-5-12-8-4-2-1-3-6(7)8;9-8(10)6-4-2-1-3-5-7-11;/h1-5,10-11H;7H,(H,9,10);. The molecule has 3 radical (unpaired) electrons. The van der Waals surface area contributed by atoms with Gasteiger partial charge in [-0.3, -0.25) is 0 Å². The second kappa shape index (κ2) is 12.0. The van der Waals surface area contributed by atoms with Crippen LogP contribution in [0.25, 0.3) is 10.1 Å². The molecule has 0 aliphatic carbocycles. The smallest absolute Gasteiger partial charge is 0.472 e. The lowest BCUT2D eigenvalue weighted by molar-refractivity contribution is -0.130. The summed E-state index contributed by atoms with van der Waals surface area (Å²) in [5.41, 5.74) is 0.593. The van der Waals surface area contributed by atoms with Crippen LogP contribution in [0.15, 0.2) is 29.6 Å². The molecule has 4 nitrogen and oxygen atoms in total. The number of benzene rings is 1. The fourth-order valence-corrected chi connectivity index (χ4v) is 2.44. The molecule has 0 unspecified atom stereocenters. The van der Waals surface area contributed by atoms with Crippen molar-refractivity contribution in [2.24, 2.45) is 0 Å². The van der Waals surface area contributed by atoms with Crippen molar-refractivity contribution in [2.45, 2.75) is 0 Å². The highest BCUT2D eigenvalue weighted by Crippen LogP contribution is 2.17. The minimum Gasteiger partial charge on any atom is -0.472 e. The van der Waals surface area contributed by atoms with Gasteiger partial charge in [0.2, 0.25) is 0 Å². The first-order valence-electron chi connectivity index (χ1n) is 6.06. The van der Waals surface area contributed by atoms with E-state index in [0.717, 1.165) is 10.1 Å². The summed E-state index contributed by atoms with van der Waals surface area (Å²) in [7, 11) is -1.36. The summed E-state index contributed by atoms with van der Waals surface area (Å²) in [6.45, 7) is 0. The molecule has 0 bridgehead atoms. The first-order chi connectivity index (χ1) is 11.1. The topological polar surface area (TPSA) is 77.8 Å². The van der Waals surface area contributed by atoms with Crippen LogP contribution in [-0.2, 0) is 4.79 Å². The van der Waals surface area contributed by atoms with Crippen molar-refractivity contribution < 1.29 is 19.9 Å². The van der Waals surface area contributed by atoms with Crippen LogP contribution in [0.2, 0.25) is 0 Å². The Morgan fingerprint density at radius 3 is 2.46 bits per heavy atom. The lowest BCUT2D eigenvalue weighted by Crippen LogP contribution is -2.28. The van der Waals surface area contributed by atoms with Crippen molar-refractivity contribution in [3.63, 3.8) is 0 Å². The minimum absolute atomic E-state index is 0. The highest BCUT2D eigenvalue weighted by atomic mass is 32.1. The predicted molar refractivity (Wildman–Crippen MR) is 102 cm³/mol. The second-order valence-electron chi connectivity index (χ2n) is 3.75. The average Bonchev–Trinajstić information content (AvgIpc) is 2.95. The first kappa shape index (κ1) is 21.5. The number of carbonyl (C=O) groups is 1. The lowest BCUT2D eigenvalue weighted by atomic mass is 9.80. The van der Waals surface area contributed by atoms with E-state index in [1.54, 1.807) is 5.38 Å². The molecule has 0 aliphatic rings. The van der Waals surface area contributed by atoms with E-state index in [2.05, 4.69) is 41.8 Å². The van der Waals surface area contributed by atoms with Crippen molar-refractivity contribution in [1.82, 2.24) is 0 Å². The number of hydrogen-bond acceptors (Lipinski definition) is 5. The number of thiocarbonyl (C=S) groups is 1. The van der Waals surface area contributed by atoms with E-state index in [1.807, 2.05) is 30.2 Å². The van der Waals surface area contributed by atoms with E-state index in [9.17, 15) is 4.79 Å². The Morgan fingerprint density at radius 1 is 1.17 bits per heavy atom. The molecule has 0 amide bonds. The summed E-state index contributed by atoms with van der Waals surface area (Å²) in [6, 6.07) is 7.68. The van der Waals surface area contributed by atoms with Gasteiger partial charge in [0, 0.05) is 24.5 Å². The van der Waals surface area contributed by atoms with Crippen molar-refractivity contribution in [1.29, 1.82) is 0 Å². The van der Waals surface area contributed by atoms with Gasteiger partial charge in [-0.05, 0) is 46.4 Å². The quantitative estimate of drug-likeness (QED) is 0.391. The van der Waals surface area contributed by atoms with Gasteiger partial charge in [0.15, 0.2) is 0 Å². The maximum Gasteiger partial charge on any atom is 0.489 e. The summed E-state index contributed by atoms with van der Waals surface area (Å²) in [5, 5.41) is 29.9. The summed E-state index contributed by atoms with van der Waals surface area (Å²) in [4.78, 5) is 9.79. The monoisotopic (exact) mass is 351 g/mol. The van der Waals surface area contributed by atoms with Gasteiger partial charge in [-0.1, -0.05) is 30.4 Å². The van der Waals surface area contributed by atoms with Crippen molar-refractivity contribution in [2.75, 3.05) is 0 Å². The molecule has 0 spiro atoms. The maximum absolute atomic E-state index is 9.79. The van der Waals surface area contributed by atoms with Crippen LogP contribution in [-0.4, -0.2) is 42.0 Å². The summed E-state index contributed by atoms with van der Waals surface area (Å²) < 4.78 is 1.08. The largest absolute Gasteiger partial charge is 0.489 e. The van der Waals surface area contributed by atoms with Crippen molar-refractivity contribution in [3.8, 4) is 35.5 Å². The van der Waals surface area contributed by atoms with Crippen LogP contribution in [0, 0.1) is 35.5 Å². The zero-order valence-corrected chi connectivity index (χ0v) is 13.8. The van der Waals surface area contributed by atoms with Crippen molar-refractivity contribution >= 4 is 66.0 Å². The van der Waals surface area contributed by atoms with E-state index in [4.69, 9.17) is 15.2 Å². The molecule has 0 atom stereocenters. The van der Waals surface area contributed by atoms with Crippen LogP contribution in [0.4, 0.5) is 0 Å². The average molecular weight is 351 g/mol. The van der Waals surface area contributed by atoms with E-state index in [0.29, 0.717) is 5.46 Å². The number of carboxylic acid groups (broad SMARTS) is 1. The molecule has 2 aromatic rings. The van der Waals surface area contributed by atoms with Crippen LogP contribution in [0.1, 0.15) is 0 Å². The Hall–Kier alpha value is -2.53. The zero-order chi connectivity index (χ0) is 17.1. The maximum atomic E-state index is 9.79. The zero-order valence-electron chi connectivity index (χ0n) is 12.2. The molecule has 3 N–H and O–H groups in total. The predicted octanol–water partition coefficient (Wildman–Crippen LogP) is 0.281. The molecule has 8 heteroatoms. The Bertz CT molecular complexity index is 887. The fourth-order valence-electron chi connectivity index (χ4n) is 1.41. The van der Waals surface area contributed by atoms with E-state index in [-0.39, 0.29) is 8.41 Å². The number of fused-ring (bicyclic) bond motifs is 1. The number of rotatable bonds is 1. The first-order valence-corrected chi connectivity index (χ1v) is 7.41. The molecule has 0 saturated heterocycles. The van der Waals surface area contributed by atoms with Gasteiger partial charge >= 0.3 is 13.1 Å². The molecule has 115 valence electrons. The molecule has 2 rings (SSSR count). The number of carboxylic acids is 1. The van der Waals surface area contributed by atoms with Crippen LogP contribution < -0.4 is 5.46 Å². The second-order valence-corrected chi connectivity index (χ2v) is 4.90. The summed E-state index contributed by atoms with van der Waals surface area (Å²) in [6.07, 6.45) is 0. The molecule has 0 aliphatic heterocycles. The van der Waals surface area contributed by atoms with E-state index in [1.165, 1.54) is 16.7 Å². The van der Waals surface area contributed by atoms with Crippen LogP contribution in [0.3, 0.4) is 0 Å². The molecular weight excluding hydrogens is 342 g/mol. The van der Waals surface area contributed by atoms with E-state index < -0.39 is 13.1 Å². The number of aliphatic carboxylic acids is 1. The van der Waals surface area contributed by atoms with Gasteiger partial charge in [-0.15, -0.1) is 11.3 Å².